The number of ether oxygens (including phenoxy) is 1. The zero-order chi connectivity index (χ0) is 25.5. The highest BCUT2D eigenvalue weighted by molar-refractivity contribution is 6.05. The Balaban J connectivity index is 1.59. The summed E-state index contributed by atoms with van der Waals surface area (Å²) in [5.41, 5.74) is 0.667. The molecule has 182 valence electrons. The smallest absolute Gasteiger partial charge is 0.270 e. The van der Waals surface area contributed by atoms with Gasteiger partial charge in [0.1, 0.15) is 28.7 Å². The van der Waals surface area contributed by atoms with Crippen LogP contribution in [0.3, 0.4) is 0 Å². The molecule has 4 rings (SSSR count). The molecule has 0 radical (unpaired) electrons. The van der Waals surface area contributed by atoms with Gasteiger partial charge < -0.3 is 24.2 Å². The van der Waals surface area contributed by atoms with Gasteiger partial charge in [-0.05, 0) is 48.5 Å². The van der Waals surface area contributed by atoms with Crippen molar-refractivity contribution in [1.29, 1.82) is 0 Å². The molecule has 2 amide bonds. The predicted octanol–water partition coefficient (Wildman–Crippen LogP) is 4.54. The fraction of sp³-hybridized carbons (Fsp3) is 0.0769. The van der Waals surface area contributed by atoms with Gasteiger partial charge in [0.15, 0.2) is 0 Å². The molecular formula is C26H21N3O7. The number of nitro benzene ring substituents is 1. The molecule has 0 saturated carbocycles. The number of carbonyl (C=O) groups is 2. The minimum atomic E-state index is -0.568. The van der Waals surface area contributed by atoms with E-state index in [4.69, 9.17) is 13.6 Å². The van der Waals surface area contributed by atoms with Crippen molar-refractivity contribution in [2.24, 2.45) is 0 Å². The standard InChI is InChI=1S/C26H21N3O7/c1-34-20-9-7-17(8-10-20)25(30)28-23(26(31)27-16-22-6-3-13-35-22)15-21-11-12-24(36-21)18-4-2-5-19(14-18)29(32)33/h2-15H,16H2,1H3,(H,27,31)(H,28,30)/b23-15-. The Morgan fingerprint density at radius 1 is 1.06 bits per heavy atom. The molecule has 0 aliphatic carbocycles. The van der Waals surface area contributed by atoms with Crippen molar-refractivity contribution in [3.8, 4) is 17.1 Å². The second kappa shape index (κ2) is 10.9. The van der Waals surface area contributed by atoms with Crippen LogP contribution in [0.2, 0.25) is 0 Å². The van der Waals surface area contributed by atoms with Crippen molar-refractivity contribution in [2.75, 3.05) is 7.11 Å². The summed E-state index contributed by atoms with van der Waals surface area (Å²) in [6, 6.07) is 19.0. The molecule has 0 atom stereocenters. The number of non-ortho nitro benzene ring substituents is 1. The quantitative estimate of drug-likeness (QED) is 0.201. The van der Waals surface area contributed by atoms with Gasteiger partial charge in [0, 0.05) is 29.3 Å². The highest BCUT2D eigenvalue weighted by Crippen LogP contribution is 2.26. The van der Waals surface area contributed by atoms with Crippen molar-refractivity contribution in [2.45, 2.75) is 6.54 Å². The number of nitrogens with one attached hydrogen (secondary N) is 2. The molecule has 2 aromatic heterocycles. The van der Waals surface area contributed by atoms with Crippen LogP contribution in [0.1, 0.15) is 21.9 Å². The number of carbonyl (C=O) groups excluding carboxylic acids is 2. The molecule has 0 aliphatic rings. The largest absolute Gasteiger partial charge is 0.497 e. The lowest BCUT2D eigenvalue weighted by Gasteiger charge is -2.10. The molecule has 0 unspecified atom stereocenters. The highest BCUT2D eigenvalue weighted by Gasteiger charge is 2.17. The molecule has 0 aliphatic heterocycles. The normalized spacial score (nSPS) is 11.1. The van der Waals surface area contributed by atoms with E-state index in [-0.39, 0.29) is 23.7 Å². The summed E-state index contributed by atoms with van der Waals surface area (Å²) in [5.74, 6) is 0.665. The molecule has 10 heteroatoms. The first kappa shape index (κ1) is 24.0. The van der Waals surface area contributed by atoms with E-state index in [1.165, 1.54) is 31.6 Å². The molecule has 0 bridgehead atoms. The van der Waals surface area contributed by atoms with E-state index in [1.54, 1.807) is 60.7 Å². The summed E-state index contributed by atoms with van der Waals surface area (Å²) in [6.45, 7) is 0.110. The fourth-order valence-corrected chi connectivity index (χ4v) is 3.27. The third kappa shape index (κ3) is 5.86. The molecule has 0 spiro atoms. The van der Waals surface area contributed by atoms with E-state index in [9.17, 15) is 19.7 Å². The van der Waals surface area contributed by atoms with Crippen molar-refractivity contribution < 1.29 is 28.1 Å². The van der Waals surface area contributed by atoms with Gasteiger partial charge in [-0.25, -0.2) is 0 Å². The Labute approximate surface area is 205 Å². The number of hydrogen-bond donors (Lipinski definition) is 2. The van der Waals surface area contributed by atoms with Gasteiger partial charge in [-0.15, -0.1) is 0 Å². The van der Waals surface area contributed by atoms with Crippen LogP contribution in [0.25, 0.3) is 17.4 Å². The minimum Gasteiger partial charge on any atom is -0.497 e. The van der Waals surface area contributed by atoms with Crippen molar-refractivity contribution in [1.82, 2.24) is 10.6 Å². The first-order chi connectivity index (χ1) is 17.4. The van der Waals surface area contributed by atoms with Crippen molar-refractivity contribution in [3.05, 3.63) is 112 Å². The van der Waals surface area contributed by atoms with E-state index in [0.717, 1.165) is 0 Å². The average Bonchev–Trinajstić information content (AvgIpc) is 3.59. The highest BCUT2D eigenvalue weighted by atomic mass is 16.6. The minimum absolute atomic E-state index is 0.0673. The van der Waals surface area contributed by atoms with Crippen LogP contribution in [0, 0.1) is 10.1 Å². The first-order valence-electron chi connectivity index (χ1n) is 10.8. The number of amides is 2. The number of furan rings is 2. The Bertz CT molecular complexity index is 1400. The molecule has 0 saturated heterocycles. The van der Waals surface area contributed by atoms with Gasteiger partial charge in [-0.2, -0.15) is 0 Å². The third-order valence-corrected chi connectivity index (χ3v) is 5.10. The van der Waals surface area contributed by atoms with Gasteiger partial charge in [-0.3, -0.25) is 19.7 Å². The maximum absolute atomic E-state index is 12.9. The Kier molecular flexibility index (Phi) is 7.25. The monoisotopic (exact) mass is 487 g/mol. The lowest BCUT2D eigenvalue weighted by Crippen LogP contribution is -2.34. The summed E-state index contributed by atoms with van der Waals surface area (Å²) < 4.78 is 16.1. The van der Waals surface area contributed by atoms with E-state index in [1.807, 2.05) is 0 Å². The maximum atomic E-state index is 12.9. The number of hydrogen-bond acceptors (Lipinski definition) is 7. The van der Waals surface area contributed by atoms with E-state index in [0.29, 0.717) is 28.4 Å². The van der Waals surface area contributed by atoms with Gasteiger partial charge in [0.05, 0.1) is 24.8 Å². The zero-order valence-corrected chi connectivity index (χ0v) is 19.1. The number of nitro groups is 1. The number of benzene rings is 2. The molecule has 2 N–H and O–H groups in total. The van der Waals surface area contributed by atoms with Crippen LogP contribution in [0.5, 0.6) is 5.75 Å². The first-order valence-corrected chi connectivity index (χ1v) is 10.8. The summed E-state index contributed by atoms with van der Waals surface area (Å²) in [4.78, 5) is 36.3. The molecule has 2 aromatic carbocycles. The molecule has 4 aromatic rings. The average molecular weight is 487 g/mol. The van der Waals surface area contributed by atoms with Crippen LogP contribution >= 0.6 is 0 Å². The van der Waals surface area contributed by atoms with Crippen LogP contribution in [-0.4, -0.2) is 23.8 Å². The third-order valence-electron chi connectivity index (χ3n) is 5.10. The van der Waals surface area contributed by atoms with Crippen molar-refractivity contribution >= 4 is 23.6 Å². The molecular weight excluding hydrogens is 466 g/mol. The second-order valence-electron chi connectivity index (χ2n) is 7.51. The SMILES string of the molecule is COc1ccc(C(=O)N/C(=C\c2ccc(-c3cccc([N+](=O)[O-])c3)o2)C(=O)NCc2ccco2)cc1. The summed E-state index contributed by atoms with van der Waals surface area (Å²) in [5, 5.41) is 16.4. The molecule has 0 fully saturated rings. The Hall–Kier alpha value is -5.12. The zero-order valence-electron chi connectivity index (χ0n) is 19.1. The summed E-state index contributed by atoms with van der Waals surface area (Å²) >= 11 is 0. The second-order valence-corrected chi connectivity index (χ2v) is 7.51. The van der Waals surface area contributed by atoms with Gasteiger partial charge in [0.2, 0.25) is 0 Å². The summed E-state index contributed by atoms with van der Waals surface area (Å²) in [7, 11) is 1.52. The topological polar surface area (TPSA) is 137 Å². The van der Waals surface area contributed by atoms with Crippen LogP contribution in [-0.2, 0) is 11.3 Å². The van der Waals surface area contributed by atoms with Gasteiger partial charge in [-0.1, -0.05) is 12.1 Å². The van der Waals surface area contributed by atoms with Crippen molar-refractivity contribution in [3.63, 3.8) is 0 Å². The molecule has 10 nitrogen and oxygen atoms in total. The lowest BCUT2D eigenvalue weighted by atomic mass is 10.1. The Morgan fingerprint density at radius 2 is 1.86 bits per heavy atom. The lowest BCUT2D eigenvalue weighted by molar-refractivity contribution is -0.384. The number of rotatable bonds is 9. The summed E-state index contributed by atoms with van der Waals surface area (Å²) in [6.07, 6.45) is 2.86. The van der Waals surface area contributed by atoms with E-state index >= 15 is 0 Å². The van der Waals surface area contributed by atoms with Crippen LogP contribution in [0.4, 0.5) is 5.69 Å². The van der Waals surface area contributed by atoms with E-state index < -0.39 is 16.7 Å². The molecule has 36 heavy (non-hydrogen) atoms. The number of methoxy groups -OCH3 is 1. The number of nitrogens with zero attached hydrogens (tertiary/aromatic N) is 1. The predicted molar refractivity (Wildman–Crippen MR) is 130 cm³/mol. The van der Waals surface area contributed by atoms with Gasteiger partial charge in [0.25, 0.3) is 17.5 Å². The van der Waals surface area contributed by atoms with E-state index in [2.05, 4.69) is 10.6 Å². The van der Waals surface area contributed by atoms with Crippen LogP contribution in [0.15, 0.2) is 93.6 Å². The van der Waals surface area contributed by atoms with Crippen LogP contribution < -0.4 is 15.4 Å². The fourth-order valence-electron chi connectivity index (χ4n) is 3.27. The molecule has 2 heterocycles. The Morgan fingerprint density at radius 3 is 2.56 bits per heavy atom. The maximum Gasteiger partial charge on any atom is 0.270 e. The van der Waals surface area contributed by atoms with Gasteiger partial charge >= 0.3 is 0 Å².